The molecule has 2 unspecified atom stereocenters. The minimum absolute atomic E-state index is 0.129. The molecule has 2 aromatic rings. The van der Waals surface area contributed by atoms with Gasteiger partial charge in [-0.3, -0.25) is 14.4 Å². The predicted molar refractivity (Wildman–Crippen MR) is 140 cm³/mol. The van der Waals surface area contributed by atoms with Gasteiger partial charge in [0, 0.05) is 5.69 Å². The highest BCUT2D eigenvalue weighted by atomic mass is 35.5. The summed E-state index contributed by atoms with van der Waals surface area (Å²) in [5, 5.41) is 16.5. The molecule has 3 aliphatic heterocycles. The highest BCUT2D eigenvalue weighted by Crippen LogP contribution is 2.59. The number of carbonyl (C=O) groups is 3. The van der Waals surface area contributed by atoms with Crippen molar-refractivity contribution in [3.63, 3.8) is 0 Å². The average Bonchev–Trinajstić information content (AvgIpc) is 3.50. The van der Waals surface area contributed by atoms with E-state index in [0.717, 1.165) is 5.56 Å². The third kappa shape index (κ3) is 4.11. The molecule has 2 aromatic carbocycles. The normalized spacial score (nSPS) is 28.9. The van der Waals surface area contributed by atoms with Crippen LogP contribution in [0, 0.1) is 24.7 Å². The van der Waals surface area contributed by atoms with Crippen molar-refractivity contribution in [2.24, 2.45) is 17.8 Å². The number of anilines is 2. The molecule has 3 heterocycles. The number of hydrogen-bond acceptors (Lipinski definition) is 5. The van der Waals surface area contributed by atoms with Gasteiger partial charge in [0.15, 0.2) is 0 Å². The number of amides is 3. The van der Waals surface area contributed by atoms with E-state index in [1.807, 2.05) is 45.0 Å². The average molecular weight is 526 g/mol. The van der Waals surface area contributed by atoms with Crippen LogP contribution in [-0.4, -0.2) is 58.1 Å². The topological polar surface area (TPSA) is 108 Å². The fourth-order valence-electron chi connectivity index (χ4n) is 6.40. The molecule has 196 valence electrons. The van der Waals surface area contributed by atoms with Gasteiger partial charge in [0.25, 0.3) is 0 Å². The Hall–Kier alpha value is -2.94. The minimum Gasteiger partial charge on any atom is -0.394 e. The van der Waals surface area contributed by atoms with E-state index < -0.39 is 41.5 Å². The number of para-hydroxylation sites is 2. The molecule has 3 amide bonds. The van der Waals surface area contributed by atoms with E-state index in [0.29, 0.717) is 29.2 Å². The maximum atomic E-state index is 14.1. The van der Waals surface area contributed by atoms with Gasteiger partial charge in [0.05, 0.1) is 41.3 Å². The summed E-state index contributed by atoms with van der Waals surface area (Å²) in [5.74, 6) is -2.77. The van der Waals surface area contributed by atoms with E-state index in [4.69, 9.17) is 16.3 Å². The quantitative estimate of drug-likeness (QED) is 0.512. The second-order valence-electron chi connectivity index (χ2n) is 10.6. The molecule has 1 spiro atoms. The van der Waals surface area contributed by atoms with Gasteiger partial charge in [-0.2, -0.15) is 0 Å². The second-order valence-corrected chi connectivity index (χ2v) is 11.0. The van der Waals surface area contributed by atoms with Gasteiger partial charge >= 0.3 is 0 Å². The fraction of sp³-hybridized carbons (Fsp3) is 0.464. The van der Waals surface area contributed by atoms with Crippen LogP contribution in [0.15, 0.2) is 48.5 Å². The Labute approximate surface area is 221 Å². The standard InChI is InChI=1S/C28H32ClN3O5/c1-15(2)19(14-33)32-24(26(35)31-23-16(3)8-7-11-18(23)29)28-13-12-20(37-28)21(22(28)27(32)36)25(34)30-17-9-5-4-6-10-17/h4-11,15,19-22,24,33H,12-14H2,1-3H3,(H,30,34)(H,31,35)/t19-,20-,21+,22-,24?,28?/m0/s1. The number of rotatable bonds is 7. The lowest BCUT2D eigenvalue weighted by Crippen LogP contribution is -2.57. The van der Waals surface area contributed by atoms with Gasteiger partial charge in [-0.05, 0) is 49.4 Å². The zero-order valence-electron chi connectivity index (χ0n) is 21.1. The Morgan fingerprint density at radius 1 is 1.14 bits per heavy atom. The first-order valence-electron chi connectivity index (χ1n) is 12.7. The number of likely N-dealkylation sites (tertiary alicyclic amines) is 1. The molecule has 5 rings (SSSR count). The SMILES string of the molecule is Cc1cccc(Cl)c1NC(=O)C1N([C@@H](CO)C(C)C)C(=O)[C@@H]2[C@H](C(=O)Nc3ccccc3)[C@@H]3CCC12O3. The predicted octanol–water partition coefficient (Wildman–Crippen LogP) is 3.62. The maximum absolute atomic E-state index is 14.1. The second kappa shape index (κ2) is 9.74. The molecule has 3 saturated heterocycles. The number of nitrogens with zero attached hydrogens (tertiary/aromatic N) is 1. The Bertz CT molecular complexity index is 1200. The maximum Gasteiger partial charge on any atom is 0.250 e. The summed E-state index contributed by atoms with van der Waals surface area (Å²) in [5.41, 5.74) is 0.718. The van der Waals surface area contributed by atoms with Crippen LogP contribution < -0.4 is 10.6 Å². The molecule has 3 N–H and O–H groups in total. The van der Waals surface area contributed by atoms with Gasteiger partial charge < -0.3 is 25.4 Å². The van der Waals surface area contributed by atoms with Crippen molar-refractivity contribution >= 4 is 40.7 Å². The molecule has 3 fully saturated rings. The molecule has 6 atom stereocenters. The first-order valence-corrected chi connectivity index (χ1v) is 13.1. The van der Waals surface area contributed by atoms with E-state index in [-0.39, 0.29) is 24.3 Å². The van der Waals surface area contributed by atoms with Crippen molar-refractivity contribution in [1.82, 2.24) is 4.90 Å². The highest BCUT2D eigenvalue weighted by Gasteiger charge is 2.75. The molecule has 0 aromatic heterocycles. The third-order valence-electron chi connectivity index (χ3n) is 8.11. The number of fused-ring (bicyclic) bond motifs is 1. The van der Waals surface area contributed by atoms with Crippen LogP contribution in [0.5, 0.6) is 0 Å². The first-order chi connectivity index (χ1) is 17.7. The van der Waals surface area contributed by atoms with Crippen molar-refractivity contribution in [3.05, 3.63) is 59.1 Å². The summed E-state index contributed by atoms with van der Waals surface area (Å²) in [7, 11) is 0. The van der Waals surface area contributed by atoms with Crippen molar-refractivity contribution in [2.75, 3.05) is 17.2 Å². The number of ether oxygens (including phenoxy) is 1. The van der Waals surface area contributed by atoms with E-state index in [2.05, 4.69) is 10.6 Å². The van der Waals surface area contributed by atoms with Crippen LogP contribution in [0.25, 0.3) is 0 Å². The van der Waals surface area contributed by atoms with Crippen LogP contribution in [0.2, 0.25) is 5.02 Å². The number of aliphatic hydroxyl groups excluding tert-OH is 1. The first kappa shape index (κ1) is 25.7. The molecule has 3 aliphatic rings. The van der Waals surface area contributed by atoms with Crippen LogP contribution in [-0.2, 0) is 19.1 Å². The molecule has 0 saturated carbocycles. The van der Waals surface area contributed by atoms with Crippen LogP contribution in [0.4, 0.5) is 11.4 Å². The van der Waals surface area contributed by atoms with Crippen molar-refractivity contribution in [2.45, 2.75) is 57.4 Å². The number of hydrogen-bond donors (Lipinski definition) is 3. The molecule has 8 nitrogen and oxygen atoms in total. The van der Waals surface area contributed by atoms with E-state index in [9.17, 15) is 19.5 Å². The van der Waals surface area contributed by atoms with E-state index >= 15 is 0 Å². The summed E-state index contributed by atoms with van der Waals surface area (Å²) in [6, 6.07) is 12.8. The number of halogens is 1. The number of nitrogens with one attached hydrogen (secondary N) is 2. The van der Waals surface area contributed by atoms with E-state index in [1.54, 1.807) is 24.3 Å². The zero-order valence-corrected chi connectivity index (χ0v) is 21.9. The molecule has 0 aliphatic carbocycles. The van der Waals surface area contributed by atoms with Gasteiger partial charge in [0.1, 0.15) is 11.6 Å². The minimum atomic E-state index is -1.16. The molecule has 0 radical (unpaired) electrons. The summed E-state index contributed by atoms with van der Waals surface area (Å²) in [6.45, 7) is 5.31. The summed E-state index contributed by atoms with van der Waals surface area (Å²) in [6.07, 6.45) is 0.559. The molecule has 37 heavy (non-hydrogen) atoms. The lowest BCUT2D eigenvalue weighted by atomic mass is 9.70. The molecular weight excluding hydrogens is 494 g/mol. The van der Waals surface area contributed by atoms with Crippen molar-refractivity contribution in [1.29, 1.82) is 0 Å². The fourth-order valence-corrected chi connectivity index (χ4v) is 6.67. The number of benzene rings is 2. The van der Waals surface area contributed by atoms with Crippen molar-refractivity contribution < 1.29 is 24.2 Å². The van der Waals surface area contributed by atoms with Gasteiger partial charge in [-0.25, -0.2) is 0 Å². The largest absolute Gasteiger partial charge is 0.394 e. The van der Waals surface area contributed by atoms with Crippen LogP contribution in [0.1, 0.15) is 32.3 Å². The molecule has 2 bridgehead atoms. The van der Waals surface area contributed by atoms with Gasteiger partial charge in [0.2, 0.25) is 17.7 Å². The summed E-state index contributed by atoms with van der Waals surface area (Å²) < 4.78 is 6.46. The Kier molecular flexibility index (Phi) is 6.77. The van der Waals surface area contributed by atoms with Crippen molar-refractivity contribution in [3.8, 4) is 0 Å². The Balaban J connectivity index is 1.53. The van der Waals surface area contributed by atoms with Crippen LogP contribution >= 0.6 is 11.6 Å². The summed E-state index contributed by atoms with van der Waals surface area (Å²) >= 11 is 6.40. The molecule has 9 heteroatoms. The third-order valence-corrected chi connectivity index (χ3v) is 8.43. The number of aryl methyl sites for hydroxylation is 1. The van der Waals surface area contributed by atoms with Gasteiger partial charge in [-0.15, -0.1) is 0 Å². The lowest BCUT2D eigenvalue weighted by molar-refractivity contribution is -0.144. The van der Waals surface area contributed by atoms with Gasteiger partial charge in [-0.1, -0.05) is 55.8 Å². The monoisotopic (exact) mass is 525 g/mol. The van der Waals surface area contributed by atoms with E-state index in [1.165, 1.54) is 4.90 Å². The lowest BCUT2D eigenvalue weighted by Gasteiger charge is -2.38. The highest BCUT2D eigenvalue weighted by molar-refractivity contribution is 6.34. The molecular formula is C28H32ClN3O5. The number of aliphatic hydroxyl groups is 1. The zero-order chi connectivity index (χ0) is 26.5. The Morgan fingerprint density at radius 2 is 1.86 bits per heavy atom. The Morgan fingerprint density at radius 3 is 2.51 bits per heavy atom. The summed E-state index contributed by atoms with van der Waals surface area (Å²) in [4.78, 5) is 43.0. The van der Waals surface area contributed by atoms with Crippen LogP contribution in [0.3, 0.4) is 0 Å². The number of carbonyl (C=O) groups excluding carboxylic acids is 3. The smallest absolute Gasteiger partial charge is 0.250 e.